The summed E-state index contributed by atoms with van der Waals surface area (Å²) in [5.74, 6) is 0.258. The summed E-state index contributed by atoms with van der Waals surface area (Å²) in [6, 6.07) is 7.83. The van der Waals surface area contributed by atoms with Crippen LogP contribution in [0.3, 0.4) is 0 Å². The van der Waals surface area contributed by atoms with Crippen molar-refractivity contribution in [1.29, 1.82) is 0 Å². The Kier molecular flexibility index (Phi) is 3.58. The van der Waals surface area contributed by atoms with Crippen molar-refractivity contribution < 1.29 is 10.0 Å². The van der Waals surface area contributed by atoms with E-state index in [9.17, 15) is 4.79 Å². The van der Waals surface area contributed by atoms with Crippen LogP contribution in [0.1, 0.15) is 24.4 Å². The lowest BCUT2D eigenvalue weighted by Crippen LogP contribution is -2.20. The minimum Gasteiger partial charge on any atom is -0.340 e. The van der Waals surface area contributed by atoms with Crippen LogP contribution in [0.25, 0.3) is 11.0 Å². The molecule has 0 unspecified atom stereocenters. The number of benzene rings is 1. The van der Waals surface area contributed by atoms with E-state index in [0.717, 1.165) is 35.1 Å². The first kappa shape index (κ1) is 14.6. The molecule has 4 rings (SSSR count). The number of fused-ring (bicyclic) bond motifs is 1. The lowest BCUT2D eigenvalue weighted by atomic mass is 10.1. The number of nitrogens with zero attached hydrogens (tertiary/aromatic N) is 4. The molecule has 8 heteroatoms. The molecule has 2 aromatic heterocycles. The molecular weight excluding hydrogens is 308 g/mol. The zero-order valence-corrected chi connectivity index (χ0v) is 12.8. The van der Waals surface area contributed by atoms with Gasteiger partial charge in [0, 0.05) is 5.69 Å². The van der Waals surface area contributed by atoms with Crippen molar-refractivity contribution in [2.75, 3.05) is 5.32 Å². The normalized spacial score (nSPS) is 13.9. The highest BCUT2D eigenvalue weighted by Crippen LogP contribution is 2.37. The zero-order chi connectivity index (χ0) is 16.5. The van der Waals surface area contributed by atoms with E-state index in [1.54, 1.807) is 11.7 Å². The standard InChI is InChI=1S/C16H16N6O2/c23-14(21-24)7-10-1-3-11(4-2-10)20-15-13-8-19-22(12-5-6-12)16(13)18-9-17-15/h1-4,8-9,12,24H,5-7H2,(H,21,23)(H,17,18,20). The molecule has 1 saturated carbocycles. The van der Waals surface area contributed by atoms with Gasteiger partial charge in [0.2, 0.25) is 5.91 Å². The second-order valence-corrected chi connectivity index (χ2v) is 5.81. The summed E-state index contributed by atoms with van der Waals surface area (Å²) in [5, 5.41) is 17.1. The van der Waals surface area contributed by atoms with Crippen LogP contribution in [0.2, 0.25) is 0 Å². The Morgan fingerprint density at radius 3 is 2.75 bits per heavy atom. The molecule has 8 nitrogen and oxygen atoms in total. The average Bonchev–Trinajstić information content (AvgIpc) is 3.35. The maximum absolute atomic E-state index is 11.2. The fraction of sp³-hybridized carbons (Fsp3) is 0.250. The molecule has 122 valence electrons. The first-order valence-corrected chi connectivity index (χ1v) is 7.71. The van der Waals surface area contributed by atoms with Crippen LogP contribution < -0.4 is 10.8 Å². The number of aromatic nitrogens is 4. The monoisotopic (exact) mass is 324 g/mol. The van der Waals surface area contributed by atoms with E-state index in [0.29, 0.717) is 11.9 Å². The Labute approximate surface area is 137 Å². The summed E-state index contributed by atoms with van der Waals surface area (Å²) in [6.45, 7) is 0. The van der Waals surface area contributed by atoms with Crippen LogP contribution in [0.15, 0.2) is 36.8 Å². The number of rotatable bonds is 5. The fourth-order valence-corrected chi connectivity index (χ4v) is 2.62. The molecule has 1 aliphatic rings. The van der Waals surface area contributed by atoms with Gasteiger partial charge in [-0.15, -0.1) is 0 Å². The van der Waals surface area contributed by atoms with Gasteiger partial charge >= 0.3 is 0 Å². The van der Waals surface area contributed by atoms with E-state index >= 15 is 0 Å². The molecule has 3 aromatic rings. The van der Waals surface area contributed by atoms with Crippen molar-refractivity contribution >= 4 is 28.4 Å². The quantitative estimate of drug-likeness (QED) is 0.489. The van der Waals surface area contributed by atoms with Gasteiger partial charge in [-0.1, -0.05) is 12.1 Å². The highest BCUT2D eigenvalue weighted by atomic mass is 16.5. The minimum absolute atomic E-state index is 0.128. The molecule has 24 heavy (non-hydrogen) atoms. The molecule has 2 heterocycles. The third kappa shape index (κ3) is 2.79. The second-order valence-electron chi connectivity index (χ2n) is 5.81. The van der Waals surface area contributed by atoms with Gasteiger partial charge in [-0.3, -0.25) is 10.0 Å². The molecule has 0 bridgehead atoms. The molecule has 0 aliphatic heterocycles. The van der Waals surface area contributed by atoms with Gasteiger partial charge in [0.05, 0.1) is 24.0 Å². The number of hydrogen-bond acceptors (Lipinski definition) is 6. The van der Waals surface area contributed by atoms with E-state index in [4.69, 9.17) is 5.21 Å². The molecular formula is C16H16N6O2. The predicted octanol–water partition coefficient (Wildman–Crippen LogP) is 1.95. The maximum Gasteiger partial charge on any atom is 0.247 e. The van der Waals surface area contributed by atoms with Crippen molar-refractivity contribution in [1.82, 2.24) is 25.2 Å². The van der Waals surface area contributed by atoms with Crippen LogP contribution in [-0.4, -0.2) is 30.9 Å². The summed E-state index contributed by atoms with van der Waals surface area (Å²) < 4.78 is 1.96. The van der Waals surface area contributed by atoms with Crippen LogP contribution >= 0.6 is 0 Å². The van der Waals surface area contributed by atoms with Gasteiger partial charge in [0.25, 0.3) is 0 Å². The van der Waals surface area contributed by atoms with E-state index in [1.807, 2.05) is 28.9 Å². The third-order valence-electron chi connectivity index (χ3n) is 3.99. The number of hydrogen-bond donors (Lipinski definition) is 3. The van der Waals surface area contributed by atoms with E-state index < -0.39 is 5.91 Å². The van der Waals surface area contributed by atoms with Crippen LogP contribution in [0.4, 0.5) is 11.5 Å². The van der Waals surface area contributed by atoms with Crippen LogP contribution in [-0.2, 0) is 11.2 Å². The molecule has 0 spiro atoms. The van der Waals surface area contributed by atoms with Crippen molar-refractivity contribution in [3.63, 3.8) is 0 Å². The number of anilines is 2. The van der Waals surface area contributed by atoms with Crippen LogP contribution in [0, 0.1) is 0 Å². The summed E-state index contributed by atoms with van der Waals surface area (Å²) >= 11 is 0. The number of nitrogens with one attached hydrogen (secondary N) is 2. The summed E-state index contributed by atoms with van der Waals surface area (Å²) in [7, 11) is 0. The fourth-order valence-electron chi connectivity index (χ4n) is 2.62. The zero-order valence-electron chi connectivity index (χ0n) is 12.8. The molecule has 1 amide bonds. The largest absolute Gasteiger partial charge is 0.340 e. The SMILES string of the molecule is O=C(Cc1ccc(Nc2ncnc3c2cnn3C2CC2)cc1)NO. The van der Waals surface area contributed by atoms with Crippen molar-refractivity contribution in [2.45, 2.75) is 25.3 Å². The Balaban J connectivity index is 1.57. The number of amides is 1. The lowest BCUT2D eigenvalue weighted by molar-refractivity contribution is -0.128. The topological polar surface area (TPSA) is 105 Å². The maximum atomic E-state index is 11.2. The first-order valence-electron chi connectivity index (χ1n) is 7.71. The van der Waals surface area contributed by atoms with Gasteiger partial charge in [-0.25, -0.2) is 20.1 Å². The van der Waals surface area contributed by atoms with Gasteiger partial charge < -0.3 is 5.32 Å². The number of hydroxylamine groups is 1. The molecule has 0 radical (unpaired) electrons. The molecule has 3 N–H and O–H groups in total. The van der Waals surface area contributed by atoms with E-state index in [2.05, 4.69) is 20.4 Å². The van der Waals surface area contributed by atoms with Crippen molar-refractivity contribution in [2.24, 2.45) is 0 Å². The molecule has 1 aromatic carbocycles. The molecule has 1 fully saturated rings. The molecule has 1 aliphatic carbocycles. The minimum atomic E-state index is -0.444. The Morgan fingerprint density at radius 2 is 2.04 bits per heavy atom. The lowest BCUT2D eigenvalue weighted by Gasteiger charge is -2.07. The molecule has 0 saturated heterocycles. The Bertz CT molecular complexity index is 885. The van der Waals surface area contributed by atoms with Crippen molar-refractivity contribution in [3.8, 4) is 0 Å². The third-order valence-corrected chi connectivity index (χ3v) is 3.99. The first-order chi connectivity index (χ1) is 11.7. The number of carbonyl (C=O) groups is 1. The smallest absolute Gasteiger partial charge is 0.247 e. The van der Waals surface area contributed by atoms with Gasteiger partial charge in [-0.2, -0.15) is 5.10 Å². The summed E-state index contributed by atoms with van der Waals surface area (Å²) in [6.07, 6.45) is 5.74. The van der Waals surface area contributed by atoms with E-state index in [-0.39, 0.29) is 6.42 Å². The van der Waals surface area contributed by atoms with Crippen LogP contribution in [0.5, 0.6) is 0 Å². The number of carbonyl (C=O) groups excluding carboxylic acids is 1. The second kappa shape index (κ2) is 5.89. The highest BCUT2D eigenvalue weighted by molar-refractivity contribution is 5.88. The average molecular weight is 324 g/mol. The van der Waals surface area contributed by atoms with Gasteiger partial charge in [0.1, 0.15) is 12.1 Å². The highest BCUT2D eigenvalue weighted by Gasteiger charge is 2.27. The van der Waals surface area contributed by atoms with Crippen molar-refractivity contribution in [3.05, 3.63) is 42.4 Å². The predicted molar refractivity (Wildman–Crippen MR) is 87.0 cm³/mol. The molecule has 0 atom stereocenters. The Morgan fingerprint density at radius 1 is 1.25 bits per heavy atom. The van der Waals surface area contributed by atoms with E-state index in [1.165, 1.54) is 6.33 Å². The summed E-state index contributed by atoms with van der Waals surface area (Å²) in [4.78, 5) is 19.8. The van der Waals surface area contributed by atoms with Gasteiger partial charge in [0.15, 0.2) is 5.65 Å². The Hall–Kier alpha value is -3.00. The van der Waals surface area contributed by atoms with Gasteiger partial charge in [-0.05, 0) is 30.5 Å². The summed E-state index contributed by atoms with van der Waals surface area (Å²) in [5.41, 5.74) is 4.12.